The van der Waals surface area contributed by atoms with E-state index in [0.717, 1.165) is 40.2 Å². The number of aromatic nitrogens is 2. The second-order valence-corrected chi connectivity index (χ2v) is 5.90. The second-order valence-electron chi connectivity index (χ2n) is 4.98. The molecule has 0 radical (unpaired) electrons. The lowest BCUT2D eigenvalue weighted by atomic mass is 10.1. The molecule has 0 fully saturated rings. The molecule has 3 rings (SSSR count). The maximum Gasteiger partial charge on any atom is 0.223 e. The Morgan fingerprint density at radius 3 is 2.70 bits per heavy atom. The highest BCUT2D eigenvalue weighted by molar-refractivity contribution is 9.10. The number of fused-ring (bicyclic) bond motifs is 1. The van der Waals surface area contributed by atoms with Crippen LogP contribution in [0.25, 0.3) is 0 Å². The smallest absolute Gasteiger partial charge is 0.223 e. The van der Waals surface area contributed by atoms with Crippen molar-refractivity contribution in [3.63, 3.8) is 0 Å². The third-order valence-corrected chi connectivity index (χ3v) is 3.70. The van der Waals surface area contributed by atoms with Gasteiger partial charge in [-0.25, -0.2) is 9.97 Å². The highest BCUT2D eigenvalue weighted by atomic mass is 79.9. The lowest BCUT2D eigenvalue weighted by Crippen LogP contribution is -2.06. The average molecular weight is 334 g/mol. The van der Waals surface area contributed by atoms with Gasteiger partial charge in [0.15, 0.2) is 0 Å². The van der Waals surface area contributed by atoms with Crippen molar-refractivity contribution in [1.29, 1.82) is 0 Å². The molecule has 0 saturated carbocycles. The van der Waals surface area contributed by atoms with Crippen LogP contribution in [0, 0.1) is 13.8 Å². The van der Waals surface area contributed by atoms with E-state index in [1.807, 2.05) is 19.9 Å². The molecule has 0 spiro atoms. The molecular formula is C15H16BrN3O. The molecular weight excluding hydrogens is 318 g/mol. The number of rotatable bonds is 3. The van der Waals surface area contributed by atoms with Crippen LogP contribution < -0.4 is 10.1 Å². The van der Waals surface area contributed by atoms with Crippen molar-refractivity contribution in [1.82, 2.24) is 9.97 Å². The normalized spacial score (nSPS) is 12.9. The Bertz CT molecular complexity index is 638. The Kier molecular flexibility index (Phi) is 3.61. The molecule has 0 saturated heterocycles. The van der Waals surface area contributed by atoms with Crippen molar-refractivity contribution in [3.8, 4) is 5.75 Å². The Morgan fingerprint density at radius 2 is 1.95 bits per heavy atom. The number of anilines is 1. The molecule has 104 valence electrons. The van der Waals surface area contributed by atoms with E-state index in [1.165, 1.54) is 5.56 Å². The zero-order chi connectivity index (χ0) is 14.1. The first kappa shape index (κ1) is 13.4. The van der Waals surface area contributed by atoms with Gasteiger partial charge in [-0.2, -0.15) is 0 Å². The van der Waals surface area contributed by atoms with E-state index in [4.69, 9.17) is 4.74 Å². The fourth-order valence-corrected chi connectivity index (χ4v) is 3.01. The molecule has 0 unspecified atom stereocenters. The summed E-state index contributed by atoms with van der Waals surface area (Å²) in [4.78, 5) is 8.78. The van der Waals surface area contributed by atoms with Crippen molar-refractivity contribution in [3.05, 3.63) is 45.2 Å². The second kappa shape index (κ2) is 5.40. The maximum atomic E-state index is 5.72. The van der Waals surface area contributed by atoms with Crippen molar-refractivity contribution in [2.24, 2.45) is 0 Å². The van der Waals surface area contributed by atoms with Gasteiger partial charge >= 0.3 is 0 Å². The molecule has 2 aromatic rings. The molecule has 2 heterocycles. The van der Waals surface area contributed by atoms with Crippen LogP contribution in [0.5, 0.6) is 5.75 Å². The molecule has 1 aliphatic rings. The number of nitrogens with one attached hydrogen (secondary N) is 1. The quantitative estimate of drug-likeness (QED) is 0.935. The van der Waals surface area contributed by atoms with Crippen LogP contribution in [-0.4, -0.2) is 16.6 Å². The van der Waals surface area contributed by atoms with Gasteiger partial charge in [-0.15, -0.1) is 0 Å². The highest BCUT2D eigenvalue weighted by Gasteiger charge is 2.17. The Hall–Kier alpha value is -1.62. The Balaban J connectivity index is 1.82. The summed E-state index contributed by atoms with van der Waals surface area (Å²) in [6, 6.07) is 6.17. The summed E-state index contributed by atoms with van der Waals surface area (Å²) in [7, 11) is 0. The Labute approximate surface area is 126 Å². The zero-order valence-corrected chi connectivity index (χ0v) is 13.1. The largest absolute Gasteiger partial charge is 0.493 e. The number of hydrogen-bond acceptors (Lipinski definition) is 4. The van der Waals surface area contributed by atoms with Gasteiger partial charge < -0.3 is 10.1 Å². The van der Waals surface area contributed by atoms with Crippen LogP contribution >= 0.6 is 15.9 Å². The molecule has 0 bridgehead atoms. The molecule has 1 N–H and O–H groups in total. The van der Waals surface area contributed by atoms with E-state index in [1.54, 1.807) is 0 Å². The van der Waals surface area contributed by atoms with E-state index in [9.17, 15) is 0 Å². The van der Waals surface area contributed by atoms with E-state index < -0.39 is 0 Å². The number of hydrogen-bond donors (Lipinski definition) is 1. The standard InChI is InChI=1S/C15H16BrN3O/c1-9-5-10(2)19-15(18-9)17-8-12-7-13(16)6-11-3-4-20-14(11)12/h5-7H,3-4,8H2,1-2H3,(H,17,18,19). The minimum absolute atomic E-state index is 0.657. The first-order valence-corrected chi connectivity index (χ1v) is 7.41. The van der Waals surface area contributed by atoms with Gasteiger partial charge in [-0.3, -0.25) is 0 Å². The summed E-state index contributed by atoms with van der Waals surface area (Å²) < 4.78 is 6.80. The summed E-state index contributed by atoms with van der Waals surface area (Å²) in [6.07, 6.45) is 0.974. The zero-order valence-electron chi connectivity index (χ0n) is 11.5. The number of ether oxygens (including phenoxy) is 1. The van der Waals surface area contributed by atoms with Gasteiger partial charge in [0.1, 0.15) is 5.75 Å². The number of nitrogens with zero attached hydrogens (tertiary/aromatic N) is 2. The molecule has 0 aliphatic carbocycles. The molecule has 1 aliphatic heterocycles. The van der Waals surface area contributed by atoms with Crippen LogP contribution in [0.15, 0.2) is 22.7 Å². The summed E-state index contributed by atoms with van der Waals surface area (Å²) in [6.45, 7) is 5.36. The predicted molar refractivity (Wildman–Crippen MR) is 82.2 cm³/mol. The van der Waals surface area contributed by atoms with Crippen LogP contribution in [0.1, 0.15) is 22.5 Å². The molecule has 5 heteroatoms. The molecule has 1 aromatic heterocycles. The first-order chi connectivity index (χ1) is 9.61. The topological polar surface area (TPSA) is 47.0 Å². The van der Waals surface area contributed by atoms with Crippen LogP contribution in [0.3, 0.4) is 0 Å². The lowest BCUT2D eigenvalue weighted by Gasteiger charge is -2.11. The number of halogens is 1. The summed E-state index contributed by atoms with van der Waals surface area (Å²) >= 11 is 3.55. The number of benzene rings is 1. The van der Waals surface area contributed by atoms with Crippen molar-refractivity contribution < 1.29 is 4.74 Å². The van der Waals surface area contributed by atoms with E-state index in [2.05, 4.69) is 43.3 Å². The minimum Gasteiger partial charge on any atom is -0.493 e. The van der Waals surface area contributed by atoms with Crippen molar-refractivity contribution in [2.45, 2.75) is 26.8 Å². The average Bonchev–Trinajstić information content (AvgIpc) is 2.82. The first-order valence-electron chi connectivity index (χ1n) is 6.62. The number of aryl methyl sites for hydroxylation is 2. The van der Waals surface area contributed by atoms with Gasteiger partial charge in [0.05, 0.1) is 6.61 Å². The summed E-state index contributed by atoms with van der Waals surface area (Å²) in [5.41, 5.74) is 4.33. The molecule has 4 nitrogen and oxygen atoms in total. The van der Waals surface area contributed by atoms with Gasteiger partial charge in [-0.1, -0.05) is 15.9 Å². The molecule has 0 atom stereocenters. The third kappa shape index (κ3) is 2.77. The van der Waals surface area contributed by atoms with Crippen LogP contribution in [0.4, 0.5) is 5.95 Å². The monoisotopic (exact) mass is 333 g/mol. The fourth-order valence-electron chi connectivity index (χ4n) is 2.46. The van der Waals surface area contributed by atoms with E-state index in [0.29, 0.717) is 12.5 Å². The predicted octanol–water partition coefficient (Wildman–Crippen LogP) is 3.40. The fraction of sp³-hybridized carbons (Fsp3) is 0.333. The Morgan fingerprint density at radius 1 is 1.20 bits per heavy atom. The van der Waals surface area contributed by atoms with Gasteiger partial charge in [0, 0.05) is 34.4 Å². The third-order valence-electron chi connectivity index (χ3n) is 3.24. The molecule has 1 aromatic carbocycles. The minimum atomic E-state index is 0.657. The van der Waals surface area contributed by atoms with Gasteiger partial charge in [0.2, 0.25) is 5.95 Å². The summed E-state index contributed by atoms with van der Waals surface area (Å²) in [5, 5.41) is 3.28. The van der Waals surface area contributed by atoms with Crippen molar-refractivity contribution >= 4 is 21.9 Å². The maximum absolute atomic E-state index is 5.72. The molecule has 0 amide bonds. The van der Waals surface area contributed by atoms with E-state index in [-0.39, 0.29) is 0 Å². The lowest BCUT2D eigenvalue weighted by molar-refractivity contribution is 0.354. The highest BCUT2D eigenvalue weighted by Crippen LogP contribution is 2.33. The molecule has 20 heavy (non-hydrogen) atoms. The van der Waals surface area contributed by atoms with Crippen molar-refractivity contribution in [2.75, 3.05) is 11.9 Å². The van der Waals surface area contributed by atoms with E-state index >= 15 is 0 Å². The van der Waals surface area contributed by atoms with Gasteiger partial charge in [-0.05, 0) is 37.6 Å². The summed E-state index contributed by atoms with van der Waals surface area (Å²) in [5.74, 6) is 1.67. The van der Waals surface area contributed by atoms with Gasteiger partial charge in [0.25, 0.3) is 0 Å². The SMILES string of the molecule is Cc1cc(C)nc(NCc2cc(Br)cc3c2OCC3)n1. The van der Waals surface area contributed by atoms with Crippen LogP contribution in [-0.2, 0) is 13.0 Å². The van der Waals surface area contributed by atoms with Crippen LogP contribution in [0.2, 0.25) is 0 Å².